The molecule has 0 saturated heterocycles. The first kappa shape index (κ1) is 9.88. The highest BCUT2D eigenvalue weighted by Crippen LogP contribution is 1.92. The van der Waals surface area contributed by atoms with Gasteiger partial charge in [0, 0.05) is 6.04 Å². The summed E-state index contributed by atoms with van der Waals surface area (Å²) in [5, 5.41) is 13.8. The number of rotatable bonds is 5. The van der Waals surface area contributed by atoms with Crippen LogP contribution in [-0.2, 0) is 0 Å². The van der Waals surface area contributed by atoms with E-state index in [0.717, 1.165) is 6.42 Å². The van der Waals surface area contributed by atoms with Crippen LogP contribution in [0.2, 0.25) is 0 Å². The van der Waals surface area contributed by atoms with Crippen LogP contribution >= 0.6 is 0 Å². The van der Waals surface area contributed by atoms with Crippen LogP contribution in [0.15, 0.2) is 0 Å². The van der Waals surface area contributed by atoms with E-state index in [-0.39, 0.29) is 5.06 Å². The smallest absolute Gasteiger partial charge is 0.130 e. The number of hydroxylamine groups is 2. The normalized spacial score (nSPS) is 16.8. The summed E-state index contributed by atoms with van der Waals surface area (Å²) in [6, 6.07) is 0.480. The molecule has 10 heavy (non-hydrogen) atoms. The van der Waals surface area contributed by atoms with Crippen molar-refractivity contribution in [1.82, 2.24) is 5.32 Å². The second-order valence-corrected chi connectivity index (χ2v) is 2.77. The summed E-state index contributed by atoms with van der Waals surface area (Å²) in [6.45, 7) is 4.76. The molecule has 0 heterocycles. The average molecular weight is 146 g/mol. The van der Waals surface area contributed by atoms with E-state index in [0.29, 0.717) is 12.7 Å². The van der Waals surface area contributed by atoms with Crippen molar-refractivity contribution in [3.8, 4) is 0 Å². The second kappa shape index (κ2) is 5.65. The van der Waals surface area contributed by atoms with Gasteiger partial charge in [0.2, 0.25) is 0 Å². The molecular formula is C7H18N2O. The minimum absolute atomic E-state index is 0.211. The van der Waals surface area contributed by atoms with E-state index in [4.69, 9.17) is 0 Å². The molecule has 0 aromatic rings. The number of hydrogen-bond donors (Lipinski definition) is 2. The molecule has 0 radical (unpaired) electrons. The van der Waals surface area contributed by atoms with Crippen molar-refractivity contribution in [3.63, 3.8) is 0 Å². The van der Waals surface area contributed by atoms with Crippen molar-refractivity contribution in [2.24, 2.45) is 0 Å². The van der Waals surface area contributed by atoms with Gasteiger partial charge in [-0.15, -0.1) is 0 Å². The van der Waals surface area contributed by atoms with Gasteiger partial charge in [0.25, 0.3) is 0 Å². The summed E-state index contributed by atoms with van der Waals surface area (Å²) in [5.41, 5.74) is 0. The van der Waals surface area contributed by atoms with Crippen LogP contribution in [0.3, 0.4) is 0 Å². The first-order chi connectivity index (χ1) is 4.66. The zero-order valence-corrected chi connectivity index (χ0v) is 7.11. The van der Waals surface area contributed by atoms with Crippen molar-refractivity contribution in [3.05, 3.63) is 5.21 Å². The first-order valence-electron chi connectivity index (χ1n) is 3.89. The molecule has 0 aliphatic heterocycles. The number of quaternary nitrogens is 1. The molecule has 2 unspecified atom stereocenters. The van der Waals surface area contributed by atoms with Gasteiger partial charge in [-0.3, -0.25) is 5.32 Å². The molecule has 0 aromatic heterocycles. The van der Waals surface area contributed by atoms with Crippen molar-refractivity contribution in [2.75, 3.05) is 13.7 Å². The lowest BCUT2D eigenvalue weighted by molar-refractivity contribution is -0.829. The Hall–Kier alpha value is -0.120. The molecule has 0 aliphatic carbocycles. The van der Waals surface area contributed by atoms with Gasteiger partial charge in [-0.1, -0.05) is 13.3 Å². The Morgan fingerprint density at radius 2 is 2.20 bits per heavy atom. The summed E-state index contributed by atoms with van der Waals surface area (Å²) in [7, 11) is 1.60. The van der Waals surface area contributed by atoms with E-state index in [1.54, 1.807) is 7.05 Å². The molecule has 2 atom stereocenters. The second-order valence-electron chi connectivity index (χ2n) is 2.77. The molecule has 3 nitrogen and oxygen atoms in total. The molecule has 0 rings (SSSR count). The summed E-state index contributed by atoms with van der Waals surface area (Å²) >= 11 is 0. The third-order valence-electron chi connectivity index (χ3n) is 1.42. The lowest BCUT2D eigenvalue weighted by Crippen LogP contribution is -3.05. The Morgan fingerprint density at radius 1 is 1.60 bits per heavy atom. The van der Waals surface area contributed by atoms with Gasteiger partial charge < -0.3 is 10.3 Å². The molecule has 0 bridgehead atoms. The maximum Gasteiger partial charge on any atom is 0.130 e. The molecule has 0 spiro atoms. The number of nitrogens with one attached hydrogen (secondary N) is 2. The molecule has 0 fully saturated rings. The average Bonchev–Trinajstić information content (AvgIpc) is 1.85. The van der Waals surface area contributed by atoms with Crippen LogP contribution in [0.1, 0.15) is 26.7 Å². The van der Waals surface area contributed by atoms with Crippen LogP contribution in [-0.4, -0.2) is 19.8 Å². The van der Waals surface area contributed by atoms with E-state index in [2.05, 4.69) is 19.2 Å². The summed E-state index contributed by atoms with van der Waals surface area (Å²) < 4.78 is 0. The third kappa shape index (κ3) is 6.01. The minimum atomic E-state index is 0.211. The Balaban J connectivity index is 3.12. The monoisotopic (exact) mass is 146 g/mol. The van der Waals surface area contributed by atoms with E-state index < -0.39 is 0 Å². The van der Waals surface area contributed by atoms with E-state index in [1.165, 1.54) is 6.42 Å². The fourth-order valence-electron chi connectivity index (χ4n) is 0.853. The summed E-state index contributed by atoms with van der Waals surface area (Å²) in [4.78, 5) is 0. The first-order valence-corrected chi connectivity index (χ1v) is 3.89. The topological polar surface area (TPSA) is 39.5 Å². The van der Waals surface area contributed by atoms with Crippen molar-refractivity contribution in [1.29, 1.82) is 0 Å². The largest absolute Gasteiger partial charge is 0.634 e. The standard InChI is InChI=1S/C7H18N2O/c1-4-5-7(2)8-6-9(3)10/h7-9H,4-6H2,1-3H3. The van der Waals surface area contributed by atoms with Crippen LogP contribution in [0, 0.1) is 5.21 Å². The highest BCUT2D eigenvalue weighted by Gasteiger charge is 1.98. The molecule has 0 aliphatic rings. The maximum absolute atomic E-state index is 10.5. The van der Waals surface area contributed by atoms with Crippen LogP contribution in [0.4, 0.5) is 0 Å². The van der Waals surface area contributed by atoms with Gasteiger partial charge >= 0.3 is 0 Å². The van der Waals surface area contributed by atoms with Gasteiger partial charge in [-0.2, -0.15) is 0 Å². The van der Waals surface area contributed by atoms with Gasteiger partial charge in [0.1, 0.15) is 6.67 Å². The Morgan fingerprint density at radius 3 is 2.60 bits per heavy atom. The minimum Gasteiger partial charge on any atom is -0.634 e. The SMILES string of the molecule is CCCC(C)NC[NH+](C)[O-]. The van der Waals surface area contributed by atoms with Crippen LogP contribution < -0.4 is 10.4 Å². The van der Waals surface area contributed by atoms with Crippen LogP contribution in [0.25, 0.3) is 0 Å². The molecular weight excluding hydrogens is 128 g/mol. The number of hydrogen-bond acceptors (Lipinski definition) is 2. The third-order valence-corrected chi connectivity index (χ3v) is 1.42. The molecule has 0 amide bonds. The van der Waals surface area contributed by atoms with Crippen molar-refractivity contribution >= 4 is 0 Å². The summed E-state index contributed by atoms with van der Waals surface area (Å²) in [6.07, 6.45) is 2.32. The van der Waals surface area contributed by atoms with E-state index in [9.17, 15) is 5.21 Å². The molecule has 3 heteroatoms. The Bertz CT molecular complexity index is 76.0. The molecule has 2 N–H and O–H groups in total. The predicted octanol–water partition coefficient (Wildman–Crippen LogP) is -0.265. The Labute approximate surface area is 63.0 Å². The Kier molecular flexibility index (Phi) is 5.58. The van der Waals surface area contributed by atoms with E-state index >= 15 is 0 Å². The van der Waals surface area contributed by atoms with E-state index in [1.807, 2.05) is 0 Å². The lowest BCUT2D eigenvalue weighted by Gasteiger charge is -2.19. The highest BCUT2D eigenvalue weighted by atomic mass is 16.5. The zero-order valence-electron chi connectivity index (χ0n) is 7.11. The summed E-state index contributed by atoms with van der Waals surface area (Å²) in [5.74, 6) is 0. The molecule has 0 saturated carbocycles. The fourth-order valence-corrected chi connectivity index (χ4v) is 0.853. The molecule has 0 aromatic carbocycles. The fraction of sp³-hybridized carbons (Fsp3) is 1.00. The lowest BCUT2D eigenvalue weighted by atomic mass is 10.2. The maximum atomic E-state index is 10.5. The quantitative estimate of drug-likeness (QED) is 0.414. The zero-order chi connectivity index (χ0) is 7.98. The van der Waals surface area contributed by atoms with Crippen molar-refractivity contribution in [2.45, 2.75) is 32.7 Å². The van der Waals surface area contributed by atoms with Crippen molar-refractivity contribution < 1.29 is 5.06 Å². The van der Waals surface area contributed by atoms with Gasteiger partial charge in [-0.05, 0) is 13.3 Å². The predicted molar refractivity (Wildman–Crippen MR) is 42.6 cm³/mol. The van der Waals surface area contributed by atoms with Gasteiger partial charge in [0.15, 0.2) is 0 Å². The highest BCUT2D eigenvalue weighted by molar-refractivity contribution is 4.54. The van der Waals surface area contributed by atoms with Gasteiger partial charge in [0.05, 0.1) is 7.05 Å². The molecule has 62 valence electrons. The van der Waals surface area contributed by atoms with Gasteiger partial charge in [-0.25, -0.2) is 0 Å². The van der Waals surface area contributed by atoms with Crippen LogP contribution in [0.5, 0.6) is 0 Å².